The molecule has 0 saturated heterocycles. The van der Waals surface area contributed by atoms with Gasteiger partial charge in [0.15, 0.2) is 0 Å². The molecule has 2 rings (SSSR count). The van der Waals surface area contributed by atoms with Crippen LogP contribution in [0.4, 0.5) is 11.6 Å². The first kappa shape index (κ1) is 12.7. The van der Waals surface area contributed by atoms with Crippen LogP contribution >= 0.6 is 0 Å². The van der Waals surface area contributed by atoms with Gasteiger partial charge in [0.1, 0.15) is 11.4 Å². The first-order valence-electron chi connectivity index (χ1n) is 5.43. The third-order valence-electron chi connectivity index (χ3n) is 2.49. The summed E-state index contributed by atoms with van der Waals surface area (Å²) >= 11 is 0. The first-order valence-corrected chi connectivity index (χ1v) is 5.43. The summed E-state index contributed by atoms with van der Waals surface area (Å²) in [6.45, 7) is 3.25. The number of rotatable bonds is 3. The minimum atomic E-state index is -0.616. The number of H-pyrrole nitrogens is 1. The zero-order valence-corrected chi connectivity index (χ0v) is 10.3. The topological polar surface area (TPSA) is 114 Å². The number of hydrogen-bond acceptors (Lipinski definition) is 5. The first-order chi connectivity index (χ1) is 8.99. The molecule has 19 heavy (non-hydrogen) atoms. The monoisotopic (exact) mass is 261 g/mol. The smallest absolute Gasteiger partial charge is 0.285 e. The molecule has 1 heterocycles. The molecular weight excluding hydrogens is 250 g/mol. The van der Waals surface area contributed by atoms with Crippen molar-refractivity contribution in [2.24, 2.45) is 0 Å². The Bertz CT molecular complexity index is 650. The van der Waals surface area contributed by atoms with Gasteiger partial charge in [-0.25, -0.2) is 0 Å². The molecule has 0 unspecified atom stereocenters. The largest absolute Gasteiger partial charge is 0.289 e. The highest BCUT2D eigenvalue weighted by Crippen LogP contribution is 2.23. The Morgan fingerprint density at radius 2 is 2.16 bits per heavy atom. The minimum absolute atomic E-state index is 0.0209. The van der Waals surface area contributed by atoms with Crippen LogP contribution in [0.2, 0.25) is 0 Å². The fourth-order valence-corrected chi connectivity index (χ4v) is 1.65. The third kappa shape index (κ3) is 2.57. The number of carbonyl (C=O) groups is 1. The van der Waals surface area contributed by atoms with Crippen LogP contribution in [0.15, 0.2) is 18.2 Å². The highest BCUT2D eigenvalue weighted by Gasteiger charge is 2.23. The molecular formula is C11H11N5O3. The van der Waals surface area contributed by atoms with Gasteiger partial charge in [-0.05, 0) is 19.9 Å². The predicted octanol–water partition coefficient (Wildman–Crippen LogP) is 1.58. The van der Waals surface area contributed by atoms with E-state index < -0.39 is 10.8 Å². The number of nitro groups is 1. The molecule has 0 aliphatic heterocycles. The summed E-state index contributed by atoms with van der Waals surface area (Å²) in [5, 5.41) is 19.7. The highest BCUT2D eigenvalue weighted by atomic mass is 16.6. The Balaban J connectivity index is 2.34. The number of aryl methyl sites for hydroxylation is 2. The van der Waals surface area contributed by atoms with E-state index in [1.807, 2.05) is 0 Å². The van der Waals surface area contributed by atoms with Crippen LogP contribution in [0.5, 0.6) is 0 Å². The maximum Gasteiger partial charge on any atom is 0.285 e. The second kappa shape index (κ2) is 4.84. The number of para-hydroxylation sites is 1. The lowest BCUT2D eigenvalue weighted by Gasteiger charge is -2.04. The van der Waals surface area contributed by atoms with Crippen molar-refractivity contribution in [3.63, 3.8) is 0 Å². The van der Waals surface area contributed by atoms with E-state index in [0.717, 1.165) is 0 Å². The molecule has 2 aromatic rings. The Kier molecular flexibility index (Phi) is 3.23. The number of carbonyl (C=O) groups excluding carboxylic acids is 1. The van der Waals surface area contributed by atoms with E-state index in [0.29, 0.717) is 11.4 Å². The molecule has 8 heteroatoms. The van der Waals surface area contributed by atoms with Gasteiger partial charge >= 0.3 is 0 Å². The SMILES string of the molecule is Cc1nc(NC(=O)c2cccc(C)c2[N+](=O)[O-])n[nH]1. The average Bonchev–Trinajstić information content (AvgIpc) is 2.73. The van der Waals surface area contributed by atoms with Crippen LogP contribution in [0.25, 0.3) is 0 Å². The summed E-state index contributed by atoms with van der Waals surface area (Å²) in [7, 11) is 0. The maximum absolute atomic E-state index is 12.0. The van der Waals surface area contributed by atoms with Crippen molar-refractivity contribution in [2.45, 2.75) is 13.8 Å². The number of nitrogens with one attached hydrogen (secondary N) is 2. The van der Waals surface area contributed by atoms with E-state index in [-0.39, 0.29) is 17.2 Å². The molecule has 0 fully saturated rings. The van der Waals surface area contributed by atoms with Crippen LogP contribution in [-0.2, 0) is 0 Å². The Labute approximate surface area is 108 Å². The van der Waals surface area contributed by atoms with Crippen molar-refractivity contribution < 1.29 is 9.72 Å². The van der Waals surface area contributed by atoms with Gasteiger partial charge in [-0.1, -0.05) is 12.1 Å². The van der Waals surface area contributed by atoms with Crippen LogP contribution in [0.1, 0.15) is 21.7 Å². The van der Waals surface area contributed by atoms with Gasteiger partial charge in [0, 0.05) is 5.56 Å². The lowest BCUT2D eigenvalue weighted by molar-refractivity contribution is -0.385. The molecule has 0 spiro atoms. The molecule has 1 aromatic carbocycles. The van der Waals surface area contributed by atoms with Crippen molar-refractivity contribution in [3.05, 3.63) is 45.3 Å². The molecule has 0 bridgehead atoms. The number of hydrogen-bond donors (Lipinski definition) is 2. The van der Waals surface area contributed by atoms with Gasteiger partial charge < -0.3 is 0 Å². The molecule has 0 atom stereocenters. The van der Waals surface area contributed by atoms with Crippen molar-refractivity contribution >= 4 is 17.5 Å². The molecule has 0 aliphatic rings. The van der Waals surface area contributed by atoms with Crippen LogP contribution in [0.3, 0.4) is 0 Å². The Hall–Kier alpha value is -2.77. The quantitative estimate of drug-likeness (QED) is 0.643. The summed E-state index contributed by atoms with van der Waals surface area (Å²) in [5.41, 5.74) is 0.184. The number of amides is 1. The molecule has 0 saturated carbocycles. The third-order valence-corrected chi connectivity index (χ3v) is 2.49. The van der Waals surface area contributed by atoms with E-state index >= 15 is 0 Å². The van der Waals surface area contributed by atoms with Gasteiger partial charge in [0.25, 0.3) is 11.6 Å². The van der Waals surface area contributed by atoms with Crippen LogP contribution in [-0.4, -0.2) is 26.0 Å². The van der Waals surface area contributed by atoms with Crippen molar-refractivity contribution in [1.82, 2.24) is 15.2 Å². The fraction of sp³-hybridized carbons (Fsp3) is 0.182. The molecule has 0 radical (unpaired) electrons. The Morgan fingerprint density at radius 1 is 1.42 bits per heavy atom. The zero-order valence-electron chi connectivity index (χ0n) is 10.3. The van der Waals surface area contributed by atoms with Gasteiger partial charge in [-0.15, -0.1) is 5.10 Å². The van der Waals surface area contributed by atoms with Crippen LogP contribution < -0.4 is 5.32 Å². The molecule has 2 N–H and O–H groups in total. The normalized spacial score (nSPS) is 10.2. The molecule has 98 valence electrons. The zero-order chi connectivity index (χ0) is 14.0. The average molecular weight is 261 g/mol. The van der Waals surface area contributed by atoms with Gasteiger partial charge in [0.2, 0.25) is 5.95 Å². The molecule has 1 aromatic heterocycles. The number of nitrogens with zero attached hydrogens (tertiary/aromatic N) is 3. The van der Waals surface area contributed by atoms with Gasteiger partial charge in [-0.2, -0.15) is 4.98 Å². The van der Waals surface area contributed by atoms with Crippen LogP contribution in [0, 0.1) is 24.0 Å². The summed E-state index contributed by atoms with van der Waals surface area (Å²) in [4.78, 5) is 26.3. The van der Waals surface area contributed by atoms with E-state index in [1.54, 1.807) is 26.0 Å². The number of aromatic amines is 1. The maximum atomic E-state index is 12.0. The minimum Gasteiger partial charge on any atom is -0.289 e. The summed E-state index contributed by atoms with van der Waals surface area (Å²) in [6, 6.07) is 4.55. The Morgan fingerprint density at radius 3 is 2.74 bits per heavy atom. The number of nitro benzene ring substituents is 1. The van der Waals surface area contributed by atoms with Crippen molar-refractivity contribution in [1.29, 1.82) is 0 Å². The summed E-state index contributed by atoms with van der Waals surface area (Å²) < 4.78 is 0. The molecule has 1 amide bonds. The lowest BCUT2D eigenvalue weighted by Crippen LogP contribution is -2.15. The number of benzene rings is 1. The number of aromatic nitrogens is 3. The van der Waals surface area contributed by atoms with Crippen molar-refractivity contribution in [2.75, 3.05) is 5.32 Å². The standard InChI is InChI=1S/C11H11N5O3/c1-6-4-3-5-8(9(6)16(18)19)10(17)13-11-12-7(2)14-15-11/h3-5H,1-2H3,(H2,12,13,14,15,17). The number of anilines is 1. The second-order valence-corrected chi connectivity index (χ2v) is 3.93. The van der Waals surface area contributed by atoms with E-state index in [9.17, 15) is 14.9 Å². The molecule has 8 nitrogen and oxygen atoms in total. The predicted molar refractivity (Wildman–Crippen MR) is 66.9 cm³/mol. The van der Waals surface area contributed by atoms with E-state index in [2.05, 4.69) is 20.5 Å². The highest BCUT2D eigenvalue weighted by molar-refractivity contribution is 6.06. The summed E-state index contributed by atoms with van der Waals surface area (Å²) in [6.07, 6.45) is 0. The molecule has 0 aliphatic carbocycles. The van der Waals surface area contributed by atoms with E-state index in [1.165, 1.54) is 6.07 Å². The van der Waals surface area contributed by atoms with Gasteiger partial charge in [-0.3, -0.25) is 25.3 Å². The van der Waals surface area contributed by atoms with E-state index in [4.69, 9.17) is 0 Å². The lowest BCUT2D eigenvalue weighted by atomic mass is 10.1. The van der Waals surface area contributed by atoms with Crippen molar-refractivity contribution in [3.8, 4) is 0 Å². The van der Waals surface area contributed by atoms with Gasteiger partial charge in [0.05, 0.1) is 4.92 Å². The summed E-state index contributed by atoms with van der Waals surface area (Å²) in [5.74, 6) is 0.00162. The fourth-order valence-electron chi connectivity index (χ4n) is 1.65. The second-order valence-electron chi connectivity index (χ2n) is 3.93.